The van der Waals surface area contributed by atoms with Crippen molar-refractivity contribution in [1.82, 2.24) is 20.5 Å². The highest BCUT2D eigenvalue weighted by molar-refractivity contribution is 5.79. The number of nitrogens with zero attached hydrogens (tertiary/aromatic N) is 3. The molecule has 7 nitrogen and oxygen atoms in total. The van der Waals surface area contributed by atoms with Gasteiger partial charge in [-0.25, -0.2) is 14.4 Å². The first-order chi connectivity index (χ1) is 15.6. The summed E-state index contributed by atoms with van der Waals surface area (Å²) in [4.78, 5) is 22.9. The van der Waals surface area contributed by atoms with Crippen molar-refractivity contribution in [3.63, 3.8) is 0 Å². The van der Waals surface area contributed by atoms with E-state index in [1.54, 1.807) is 18.3 Å². The Labute approximate surface area is 189 Å². The van der Waals surface area contributed by atoms with Gasteiger partial charge in [0.15, 0.2) is 5.96 Å². The van der Waals surface area contributed by atoms with Crippen molar-refractivity contribution in [2.75, 3.05) is 26.2 Å². The highest BCUT2D eigenvalue weighted by Gasteiger charge is 2.15. The average Bonchev–Trinajstić information content (AvgIpc) is 3.00. The second kappa shape index (κ2) is 12.6. The molecule has 3 rings (SSSR count). The molecule has 2 aromatic rings. The lowest BCUT2D eigenvalue weighted by Gasteiger charge is -2.20. The molecule has 32 heavy (non-hydrogen) atoms. The molecule has 0 radical (unpaired) electrons. The molecule has 172 valence electrons. The zero-order valence-corrected chi connectivity index (χ0v) is 18.6. The number of halogens is 1. The third kappa shape index (κ3) is 7.83. The summed E-state index contributed by atoms with van der Waals surface area (Å²) in [6, 6.07) is 9.53. The average molecular weight is 442 g/mol. The van der Waals surface area contributed by atoms with Gasteiger partial charge in [0.2, 0.25) is 11.8 Å². The normalized spacial score (nSPS) is 14.8. The fourth-order valence-corrected chi connectivity index (χ4v) is 3.49. The summed E-state index contributed by atoms with van der Waals surface area (Å²) >= 11 is 0. The number of likely N-dealkylation sites (tertiary alicyclic amines) is 1. The van der Waals surface area contributed by atoms with Crippen molar-refractivity contribution < 1.29 is 13.9 Å². The van der Waals surface area contributed by atoms with Crippen LogP contribution in [0.15, 0.2) is 47.6 Å². The van der Waals surface area contributed by atoms with Crippen LogP contribution in [0, 0.1) is 5.82 Å². The Bertz CT molecular complexity index is 888. The third-order valence-electron chi connectivity index (χ3n) is 5.17. The summed E-state index contributed by atoms with van der Waals surface area (Å²) in [7, 11) is 0. The monoisotopic (exact) mass is 441 g/mol. The molecule has 0 spiro atoms. The highest BCUT2D eigenvalue weighted by atomic mass is 19.1. The number of carbonyl (C=O) groups excluding carboxylic acids is 1. The Morgan fingerprint density at radius 2 is 2.03 bits per heavy atom. The first-order valence-electron chi connectivity index (χ1n) is 11.3. The van der Waals surface area contributed by atoms with Crippen LogP contribution in [0.25, 0.3) is 0 Å². The van der Waals surface area contributed by atoms with Crippen LogP contribution in [0.3, 0.4) is 0 Å². The van der Waals surface area contributed by atoms with Crippen molar-refractivity contribution in [2.45, 2.75) is 45.6 Å². The van der Waals surface area contributed by atoms with E-state index in [1.807, 2.05) is 24.0 Å². The minimum absolute atomic E-state index is 0.277. The molecule has 1 amide bonds. The fourth-order valence-electron chi connectivity index (χ4n) is 3.49. The van der Waals surface area contributed by atoms with E-state index in [9.17, 15) is 9.18 Å². The van der Waals surface area contributed by atoms with Gasteiger partial charge in [0.05, 0.1) is 6.54 Å². The second-order valence-electron chi connectivity index (χ2n) is 7.73. The molecular weight excluding hydrogens is 409 g/mol. The zero-order valence-electron chi connectivity index (χ0n) is 18.6. The van der Waals surface area contributed by atoms with Crippen LogP contribution in [-0.2, 0) is 11.3 Å². The number of amides is 1. The molecule has 2 N–H and O–H groups in total. The first-order valence-corrected chi connectivity index (χ1v) is 11.3. The SMILES string of the molecule is CCNC(=NCc1ccnc(Oc2ccc(F)cc2)c1)NCCCN1CCCCCC1=O. The van der Waals surface area contributed by atoms with Crippen LogP contribution < -0.4 is 15.4 Å². The van der Waals surface area contributed by atoms with Crippen LogP contribution >= 0.6 is 0 Å². The van der Waals surface area contributed by atoms with Crippen molar-refractivity contribution in [3.05, 3.63) is 54.0 Å². The highest BCUT2D eigenvalue weighted by Crippen LogP contribution is 2.20. The number of carbonyl (C=O) groups is 1. The summed E-state index contributed by atoms with van der Waals surface area (Å²) in [6.07, 6.45) is 6.47. The van der Waals surface area contributed by atoms with E-state index in [1.165, 1.54) is 12.1 Å². The lowest BCUT2D eigenvalue weighted by Crippen LogP contribution is -2.39. The number of aliphatic imine (C=N–C) groups is 1. The van der Waals surface area contributed by atoms with E-state index in [0.717, 1.165) is 63.4 Å². The first kappa shape index (κ1) is 23.5. The van der Waals surface area contributed by atoms with Gasteiger partial charge in [0.25, 0.3) is 0 Å². The summed E-state index contributed by atoms with van der Waals surface area (Å²) in [5, 5.41) is 6.59. The fraction of sp³-hybridized carbons (Fsp3) is 0.458. The van der Waals surface area contributed by atoms with Crippen molar-refractivity contribution in [3.8, 4) is 11.6 Å². The predicted molar refractivity (Wildman–Crippen MR) is 123 cm³/mol. The second-order valence-corrected chi connectivity index (χ2v) is 7.73. The topological polar surface area (TPSA) is 78.9 Å². The molecule has 0 aliphatic carbocycles. The van der Waals surface area contributed by atoms with Crippen LogP contribution in [0.1, 0.15) is 44.6 Å². The molecule has 0 atom stereocenters. The number of aromatic nitrogens is 1. The van der Waals surface area contributed by atoms with Gasteiger partial charge < -0.3 is 20.3 Å². The quantitative estimate of drug-likeness (QED) is 0.351. The maximum absolute atomic E-state index is 13.1. The van der Waals surface area contributed by atoms with E-state index in [-0.39, 0.29) is 11.7 Å². The van der Waals surface area contributed by atoms with Gasteiger partial charge >= 0.3 is 0 Å². The van der Waals surface area contributed by atoms with Gasteiger partial charge in [-0.05, 0) is 62.1 Å². The lowest BCUT2D eigenvalue weighted by atomic mass is 10.2. The van der Waals surface area contributed by atoms with E-state index in [4.69, 9.17) is 4.74 Å². The van der Waals surface area contributed by atoms with Crippen molar-refractivity contribution >= 4 is 11.9 Å². The Morgan fingerprint density at radius 3 is 2.84 bits per heavy atom. The minimum Gasteiger partial charge on any atom is -0.439 e. The molecule has 1 aromatic heterocycles. The van der Waals surface area contributed by atoms with Gasteiger partial charge in [-0.15, -0.1) is 0 Å². The Hall–Kier alpha value is -3.16. The standard InChI is InChI=1S/C24H32FN5O2/c1-2-26-24(28-13-6-16-30-15-5-3-4-7-23(30)31)29-18-19-12-14-27-22(17-19)32-21-10-8-20(25)9-11-21/h8-12,14,17H,2-7,13,15-16,18H2,1H3,(H2,26,28,29). The van der Waals surface area contributed by atoms with E-state index >= 15 is 0 Å². The molecular formula is C24H32FN5O2. The number of rotatable bonds is 9. The molecule has 2 heterocycles. The summed E-state index contributed by atoms with van der Waals surface area (Å²) in [5.74, 6) is 1.66. The van der Waals surface area contributed by atoms with Crippen molar-refractivity contribution in [1.29, 1.82) is 0 Å². The largest absolute Gasteiger partial charge is 0.439 e. The molecule has 1 aliphatic rings. The third-order valence-corrected chi connectivity index (χ3v) is 5.17. The van der Waals surface area contributed by atoms with Crippen LogP contribution in [0.5, 0.6) is 11.6 Å². The van der Waals surface area contributed by atoms with Crippen LogP contribution in [0.2, 0.25) is 0 Å². The van der Waals surface area contributed by atoms with Gasteiger partial charge in [0.1, 0.15) is 11.6 Å². The van der Waals surface area contributed by atoms with Crippen molar-refractivity contribution in [2.24, 2.45) is 4.99 Å². The summed E-state index contributed by atoms with van der Waals surface area (Å²) in [5.41, 5.74) is 0.949. The van der Waals surface area contributed by atoms with Gasteiger partial charge in [0, 0.05) is 44.9 Å². The molecule has 8 heteroatoms. The number of guanidine groups is 1. The van der Waals surface area contributed by atoms with Crippen LogP contribution in [-0.4, -0.2) is 47.9 Å². The number of nitrogens with one attached hydrogen (secondary N) is 2. The number of pyridine rings is 1. The molecule has 0 bridgehead atoms. The zero-order chi connectivity index (χ0) is 22.6. The smallest absolute Gasteiger partial charge is 0.222 e. The minimum atomic E-state index is -0.310. The molecule has 1 saturated heterocycles. The lowest BCUT2D eigenvalue weighted by molar-refractivity contribution is -0.130. The summed E-state index contributed by atoms with van der Waals surface area (Å²) < 4.78 is 18.7. The van der Waals surface area contributed by atoms with Gasteiger partial charge in [-0.2, -0.15) is 0 Å². The number of ether oxygens (including phenoxy) is 1. The number of hydrogen-bond donors (Lipinski definition) is 2. The molecule has 1 fully saturated rings. The Morgan fingerprint density at radius 1 is 1.19 bits per heavy atom. The number of hydrogen-bond acceptors (Lipinski definition) is 4. The Kier molecular flexibility index (Phi) is 9.28. The molecule has 1 aliphatic heterocycles. The number of benzene rings is 1. The van der Waals surface area contributed by atoms with Gasteiger partial charge in [-0.1, -0.05) is 6.42 Å². The van der Waals surface area contributed by atoms with E-state index in [0.29, 0.717) is 24.6 Å². The molecule has 1 aromatic carbocycles. The van der Waals surface area contributed by atoms with E-state index in [2.05, 4.69) is 20.6 Å². The molecule has 0 unspecified atom stereocenters. The Balaban J connectivity index is 1.49. The maximum Gasteiger partial charge on any atom is 0.222 e. The van der Waals surface area contributed by atoms with Gasteiger partial charge in [-0.3, -0.25) is 4.79 Å². The molecule has 0 saturated carbocycles. The van der Waals surface area contributed by atoms with Crippen LogP contribution in [0.4, 0.5) is 4.39 Å². The summed E-state index contributed by atoms with van der Waals surface area (Å²) in [6.45, 7) is 5.63. The van der Waals surface area contributed by atoms with E-state index < -0.39 is 0 Å². The maximum atomic E-state index is 13.1. The predicted octanol–water partition coefficient (Wildman–Crippen LogP) is 3.86.